The number of ether oxygens (including phenoxy) is 1. The Morgan fingerprint density at radius 1 is 0.409 bits per heavy atom. The number of hydrogen-bond donors (Lipinski definition) is 3. The Labute approximate surface area is 411 Å². The standard InChI is InChI=1S/C60H113NO5/c1-3-5-7-9-11-13-15-17-18-19-20-21-22-23-24-25-26-27-28-29-32-36-40-44-48-52-58(63)57(56-62)61-59(64)53-49-45-41-37-33-30-31-35-39-43-47-51-55-66-60(65)54-50-46-42-38-34-16-14-12-10-8-6-4-2/h12,14,31,35,48,52,57-58,62-63H,3-11,13,15-30,32-34,36-47,49-51,53-56H2,1-2H3,(H,61,64)/b14-12-,35-31-,52-48+. The SMILES string of the molecule is CCCCC/C=C\CCCCCCCC(=O)OCCCCC/C=C\CCCCCCCC(=O)NC(CO)C(O)/C=C/CCCCCCCCCCCCCCCCCCCCCCCCC. The van der Waals surface area contributed by atoms with Crippen LogP contribution in [0.4, 0.5) is 0 Å². The van der Waals surface area contributed by atoms with Crippen LogP contribution in [0.25, 0.3) is 0 Å². The molecule has 6 nitrogen and oxygen atoms in total. The van der Waals surface area contributed by atoms with Crippen LogP contribution in [0.3, 0.4) is 0 Å². The number of unbranched alkanes of at least 4 members (excludes halogenated alkanes) is 39. The fourth-order valence-electron chi connectivity index (χ4n) is 8.86. The van der Waals surface area contributed by atoms with Crippen LogP contribution in [0.5, 0.6) is 0 Å². The van der Waals surface area contributed by atoms with E-state index in [4.69, 9.17) is 4.74 Å². The summed E-state index contributed by atoms with van der Waals surface area (Å²) in [6.45, 7) is 4.83. The third-order valence-electron chi connectivity index (χ3n) is 13.4. The zero-order valence-electron chi connectivity index (χ0n) is 44.2. The van der Waals surface area contributed by atoms with E-state index in [0.717, 1.165) is 83.5 Å². The largest absolute Gasteiger partial charge is 0.466 e. The lowest BCUT2D eigenvalue weighted by molar-refractivity contribution is -0.143. The molecule has 0 aromatic rings. The molecule has 2 atom stereocenters. The zero-order chi connectivity index (χ0) is 47.9. The van der Waals surface area contributed by atoms with Crippen molar-refractivity contribution in [1.29, 1.82) is 0 Å². The highest BCUT2D eigenvalue weighted by atomic mass is 16.5. The molecule has 0 aromatic carbocycles. The molecular weight excluding hydrogens is 815 g/mol. The second-order valence-electron chi connectivity index (χ2n) is 20.0. The Bertz CT molecular complexity index is 1070. The molecule has 3 N–H and O–H groups in total. The molecule has 0 aromatic heterocycles. The Kier molecular flexibility index (Phi) is 54.1. The van der Waals surface area contributed by atoms with Crippen LogP contribution >= 0.6 is 0 Å². The first-order valence-corrected chi connectivity index (χ1v) is 29.3. The summed E-state index contributed by atoms with van der Waals surface area (Å²) in [7, 11) is 0. The Morgan fingerprint density at radius 3 is 1.11 bits per heavy atom. The number of carbonyl (C=O) groups excluding carboxylic acids is 2. The summed E-state index contributed by atoms with van der Waals surface area (Å²) in [5.74, 6) is -0.126. The topological polar surface area (TPSA) is 95.9 Å². The maximum absolute atomic E-state index is 12.5. The van der Waals surface area contributed by atoms with Crippen molar-refractivity contribution in [3.05, 3.63) is 36.5 Å². The third kappa shape index (κ3) is 51.5. The summed E-state index contributed by atoms with van der Waals surface area (Å²) in [5.41, 5.74) is 0. The summed E-state index contributed by atoms with van der Waals surface area (Å²) < 4.78 is 5.43. The maximum atomic E-state index is 12.5. The summed E-state index contributed by atoms with van der Waals surface area (Å²) >= 11 is 0. The van der Waals surface area contributed by atoms with Crippen molar-refractivity contribution in [2.24, 2.45) is 0 Å². The van der Waals surface area contributed by atoms with Gasteiger partial charge in [0.15, 0.2) is 0 Å². The smallest absolute Gasteiger partial charge is 0.305 e. The van der Waals surface area contributed by atoms with Crippen LogP contribution in [0.1, 0.15) is 309 Å². The van der Waals surface area contributed by atoms with E-state index in [0.29, 0.717) is 19.4 Å². The summed E-state index contributed by atoms with van der Waals surface area (Å²) in [6.07, 6.45) is 68.9. The van der Waals surface area contributed by atoms with Crippen LogP contribution in [0.15, 0.2) is 36.5 Å². The third-order valence-corrected chi connectivity index (χ3v) is 13.4. The number of amides is 1. The van der Waals surface area contributed by atoms with Gasteiger partial charge in [0.25, 0.3) is 0 Å². The molecule has 0 heterocycles. The minimum absolute atomic E-state index is 0.0342. The normalized spacial score (nSPS) is 12.8. The highest BCUT2D eigenvalue weighted by Crippen LogP contribution is 2.17. The number of carbonyl (C=O) groups is 2. The lowest BCUT2D eigenvalue weighted by Gasteiger charge is -2.20. The Morgan fingerprint density at radius 2 is 0.712 bits per heavy atom. The first-order chi connectivity index (χ1) is 32.5. The number of rotatable bonds is 54. The molecule has 0 saturated heterocycles. The van der Waals surface area contributed by atoms with E-state index >= 15 is 0 Å². The van der Waals surface area contributed by atoms with Crippen LogP contribution in [-0.2, 0) is 14.3 Å². The highest BCUT2D eigenvalue weighted by molar-refractivity contribution is 5.76. The number of aliphatic hydroxyl groups excluding tert-OH is 2. The van der Waals surface area contributed by atoms with Crippen LogP contribution < -0.4 is 5.32 Å². The van der Waals surface area contributed by atoms with E-state index in [1.54, 1.807) is 6.08 Å². The molecule has 66 heavy (non-hydrogen) atoms. The van der Waals surface area contributed by atoms with E-state index < -0.39 is 12.1 Å². The molecule has 2 unspecified atom stereocenters. The molecule has 0 aliphatic heterocycles. The van der Waals surface area contributed by atoms with E-state index in [1.165, 1.54) is 199 Å². The first kappa shape index (κ1) is 64.1. The average molecular weight is 929 g/mol. The summed E-state index contributed by atoms with van der Waals surface area (Å²) in [4.78, 5) is 24.5. The molecule has 0 radical (unpaired) electrons. The molecule has 0 aliphatic carbocycles. The molecular formula is C60H113NO5. The predicted molar refractivity (Wildman–Crippen MR) is 287 cm³/mol. The fourth-order valence-corrected chi connectivity index (χ4v) is 8.86. The average Bonchev–Trinajstić information content (AvgIpc) is 3.32. The molecule has 0 aliphatic rings. The zero-order valence-corrected chi connectivity index (χ0v) is 44.2. The van der Waals surface area contributed by atoms with Crippen molar-refractivity contribution in [2.75, 3.05) is 13.2 Å². The molecule has 0 saturated carbocycles. The lowest BCUT2D eigenvalue weighted by Crippen LogP contribution is -2.45. The van der Waals surface area contributed by atoms with Gasteiger partial charge >= 0.3 is 5.97 Å². The molecule has 0 fully saturated rings. The van der Waals surface area contributed by atoms with Crippen molar-refractivity contribution in [1.82, 2.24) is 5.32 Å². The van der Waals surface area contributed by atoms with Gasteiger partial charge in [0, 0.05) is 12.8 Å². The summed E-state index contributed by atoms with van der Waals surface area (Å²) in [5, 5.41) is 23.2. The van der Waals surface area contributed by atoms with Crippen molar-refractivity contribution in [3.63, 3.8) is 0 Å². The highest BCUT2D eigenvalue weighted by Gasteiger charge is 2.18. The van der Waals surface area contributed by atoms with Crippen molar-refractivity contribution in [2.45, 2.75) is 321 Å². The minimum Gasteiger partial charge on any atom is -0.466 e. The van der Waals surface area contributed by atoms with Crippen LogP contribution in [0, 0.1) is 0 Å². The second-order valence-corrected chi connectivity index (χ2v) is 20.0. The van der Waals surface area contributed by atoms with Gasteiger partial charge < -0.3 is 20.3 Å². The van der Waals surface area contributed by atoms with Crippen molar-refractivity contribution >= 4 is 11.9 Å². The van der Waals surface area contributed by atoms with Gasteiger partial charge in [0.1, 0.15) is 0 Å². The lowest BCUT2D eigenvalue weighted by atomic mass is 10.0. The molecule has 0 bridgehead atoms. The summed E-state index contributed by atoms with van der Waals surface area (Å²) in [6, 6.07) is -0.648. The first-order valence-electron chi connectivity index (χ1n) is 29.3. The van der Waals surface area contributed by atoms with Gasteiger partial charge in [-0.25, -0.2) is 0 Å². The predicted octanol–water partition coefficient (Wildman–Crippen LogP) is 18.0. The number of allylic oxidation sites excluding steroid dienone is 5. The van der Waals surface area contributed by atoms with Crippen molar-refractivity contribution < 1.29 is 24.5 Å². The van der Waals surface area contributed by atoms with E-state index in [9.17, 15) is 19.8 Å². The number of hydrogen-bond acceptors (Lipinski definition) is 5. The number of esters is 1. The monoisotopic (exact) mass is 928 g/mol. The van der Waals surface area contributed by atoms with Gasteiger partial charge in [-0.2, -0.15) is 0 Å². The van der Waals surface area contributed by atoms with Gasteiger partial charge in [-0.1, -0.05) is 243 Å². The molecule has 388 valence electrons. The van der Waals surface area contributed by atoms with Gasteiger partial charge in [0.2, 0.25) is 5.91 Å². The fraction of sp³-hybridized carbons (Fsp3) is 0.867. The van der Waals surface area contributed by atoms with E-state index in [1.807, 2.05) is 6.08 Å². The number of nitrogens with one attached hydrogen (secondary N) is 1. The van der Waals surface area contributed by atoms with Gasteiger partial charge in [-0.3, -0.25) is 9.59 Å². The minimum atomic E-state index is -0.862. The Hall–Kier alpha value is -1.92. The van der Waals surface area contributed by atoms with Gasteiger partial charge in [-0.05, 0) is 89.9 Å². The molecule has 1 amide bonds. The molecule has 6 heteroatoms. The maximum Gasteiger partial charge on any atom is 0.305 e. The quantitative estimate of drug-likeness (QED) is 0.0321. The second kappa shape index (κ2) is 55.7. The van der Waals surface area contributed by atoms with Crippen molar-refractivity contribution in [3.8, 4) is 0 Å². The van der Waals surface area contributed by atoms with E-state index in [-0.39, 0.29) is 18.5 Å². The van der Waals surface area contributed by atoms with Gasteiger partial charge in [-0.15, -0.1) is 0 Å². The van der Waals surface area contributed by atoms with Crippen LogP contribution in [-0.4, -0.2) is 47.4 Å². The van der Waals surface area contributed by atoms with Gasteiger partial charge in [0.05, 0.1) is 25.4 Å². The van der Waals surface area contributed by atoms with E-state index in [2.05, 4.69) is 43.5 Å². The number of aliphatic hydroxyl groups is 2. The molecule has 0 spiro atoms. The molecule has 0 rings (SSSR count). The van der Waals surface area contributed by atoms with Crippen LogP contribution in [0.2, 0.25) is 0 Å². The Balaban J connectivity index is 3.53.